The molecule has 2 amide bonds. The number of anilines is 3. The number of thiazole rings is 1. The van der Waals surface area contributed by atoms with Crippen LogP contribution in [0.3, 0.4) is 0 Å². The molecule has 0 radical (unpaired) electrons. The zero-order valence-electron chi connectivity index (χ0n) is 22.8. The first-order valence-electron chi connectivity index (χ1n) is 13.0. The molecule has 1 heterocycles. The highest BCUT2D eigenvalue weighted by molar-refractivity contribution is 9.10. The molecule has 0 aliphatic rings. The van der Waals surface area contributed by atoms with Crippen molar-refractivity contribution in [1.82, 2.24) is 10.4 Å². The van der Waals surface area contributed by atoms with Crippen molar-refractivity contribution in [3.63, 3.8) is 0 Å². The van der Waals surface area contributed by atoms with E-state index in [1.165, 1.54) is 17.6 Å². The number of hydrogen-bond donors (Lipinski definition) is 3. The van der Waals surface area contributed by atoms with E-state index >= 15 is 0 Å². The van der Waals surface area contributed by atoms with Gasteiger partial charge in [0.2, 0.25) is 0 Å². The summed E-state index contributed by atoms with van der Waals surface area (Å²) in [6.07, 6.45) is 1.46. The van der Waals surface area contributed by atoms with Crippen LogP contribution in [0.4, 0.5) is 16.5 Å². The minimum Gasteiger partial charge on any atom is -0.483 e. The number of carbonyl (C=O) groups is 2. The van der Waals surface area contributed by atoms with Crippen LogP contribution in [0, 0.1) is 6.92 Å². The Labute approximate surface area is 265 Å². The molecule has 0 unspecified atom stereocenters. The number of rotatable bonds is 10. The summed E-state index contributed by atoms with van der Waals surface area (Å²) in [5, 5.41) is 13.4. The molecule has 43 heavy (non-hydrogen) atoms. The van der Waals surface area contributed by atoms with Crippen LogP contribution in [-0.4, -0.2) is 29.6 Å². The summed E-state index contributed by atoms with van der Waals surface area (Å²) >= 11 is 11.1. The van der Waals surface area contributed by atoms with Gasteiger partial charge in [-0.05, 0) is 67.1 Å². The third kappa shape index (κ3) is 8.29. The number of hydrogen-bond acceptors (Lipinski definition) is 7. The van der Waals surface area contributed by atoms with E-state index in [4.69, 9.17) is 16.3 Å². The van der Waals surface area contributed by atoms with Gasteiger partial charge in [-0.2, -0.15) is 5.10 Å². The first-order valence-corrected chi connectivity index (χ1v) is 15.1. The Kier molecular flexibility index (Phi) is 9.83. The van der Waals surface area contributed by atoms with Crippen LogP contribution in [0.2, 0.25) is 5.02 Å². The third-order valence-corrected chi connectivity index (χ3v) is 7.79. The molecule has 11 heteroatoms. The molecule has 0 bridgehead atoms. The zero-order valence-corrected chi connectivity index (χ0v) is 26.0. The molecule has 1 aromatic heterocycles. The van der Waals surface area contributed by atoms with Gasteiger partial charge in [-0.15, -0.1) is 11.3 Å². The molecule has 5 rings (SSSR count). The molecule has 0 aliphatic heterocycles. The van der Waals surface area contributed by atoms with Crippen LogP contribution in [0.15, 0.2) is 106 Å². The van der Waals surface area contributed by atoms with E-state index in [1.54, 1.807) is 42.5 Å². The van der Waals surface area contributed by atoms with Crippen molar-refractivity contribution in [2.24, 2.45) is 5.10 Å². The van der Waals surface area contributed by atoms with E-state index in [0.717, 1.165) is 32.1 Å². The van der Waals surface area contributed by atoms with Gasteiger partial charge < -0.3 is 15.4 Å². The summed E-state index contributed by atoms with van der Waals surface area (Å²) in [6, 6.07) is 27.5. The second-order valence-electron chi connectivity index (χ2n) is 9.29. The molecule has 0 saturated heterocycles. The number of aromatic nitrogens is 1. The maximum atomic E-state index is 12.7. The maximum absolute atomic E-state index is 12.7. The van der Waals surface area contributed by atoms with Gasteiger partial charge in [0.25, 0.3) is 11.8 Å². The van der Waals surface area contributed by atoms with Gasteiger partial charge in [0.05, 0.1) is 11.9 Å². The molecule has 0 atom stereocenters. The Morgan fingerprint density at radius 2 is 1.79 bits per heavy atom. The van der Waals surface area contributed by atoms with Gasteiger partial charge >= 0.3 is 0 Å². The maximum Gasteiger partial charge on any atom is 0.271 e. The van der Waals surface area contributed by atoms with Crippen LogP contribution in [-0.2, 0) is 4.79 Å². The van der Waals surface area contributed by atoms with Crippen LogP contribution >= 0.6 is 38.9 Å². The Balaban J connectivity index is 1.16. The summed E-state index contributed by atoms with van der Waals surface area (Å²) in [4.78, 5) is 29.8. The van der Waals surface area contributed by atoms with Gasteiger partial charge in [-0.3, -0.25) is 9.59 Å². The van der Waals surface area contributed by atoms with E-state index in [-0.39, 0.29) is 18.4 Å². The van der Waals surface area contributed by atoms with Crippen LogP contribution < -0.4 is 20.8 Å². The fourth-order valence-corrected chi connectivity index (χ4v) is 5.19. The predicted octanol–water partition coefficient (Wildman–Crippen LogP) is 8.06. The summed E-state index contributed by atoms with van der Waals surface area (Å²) < 4.78 is 6.52. The quantitative estimate of drug-likeness (QED) is 0.103. The number of aryl methyl sites for hydroxylation is 1. The molecule has 0 saturated carbocycles. The predicted molar refractivity (Wildman–Crippen MR) is 177 cm³/mol. The van der Waals surface area contributed by atoms with E-state index < -0.39 is 0 Å². The fourth-order valence-electron chi connectivity index (χ4n) is 3.89. The molecular formula is C32H25BrClN5O3S. The summed E-state index contributed by atoms with van der Waals surface area (Å²) in [5.74, 6) is -0.294. The molecule has 8 nitrogen and oxygen atoms in total. The highest BCUT2D eigenvalue weighted by Crippen LogP contribution is 2.27. The average Bonchev–Trinajstić information content (AvgIpc) is 3.47. The normalized spacial score (nSPS) is 10.9. The minimum absolute atomic E-state index is 0.227. The number of halogens is 2. The lowest BCUT2D eigenvalue weighted by atomic mass is 10.1. The molecule has 0 spiro atoms. The lowest BCUT2D eigenvalue weighted by Crippen LogP contribution is -2.20. The Hall–Kier alpha value is -4.51. The summed E-state index contributed by atoms with van der Waals surface area (Å²) in [7, 11) is 0. The van der Waals surface area contributed by atoms with Crippen molar-refractivity contribution < 1.29 is 14.3 Å². The van der Waals surface area contributed by atoms with Gasteiger partial charge in [0, 0.05) is 42.9 Å². The topological polar surface area (TPSA) is 105 Å². The number of para-hydroxylation sites is 1. The van der Waals surface area contributed by atoms with Gasteiger partial charge in [0.15, 0.2) is 11.7 Å². The van der Waals surface area contributed by atoms with E-state index in [0.29, 0.717) is 27.6 Å². The van der Waals surface area contributed by atoms with Crippen molar-refractivity contribution in [3.05, 3.63) is 123 Å². The molecule has 0 aliphatic carbocycles. The third-order valence-electron chi connectivity index (χ3n) is 6.13. The summed E-state index contributed by atoms with van der Waals surface area (Å²) in [6.45, 7) is 1.66. The number of benzene rings is 4. The van der Waals surface area contributed by atoms with Crippen LogP contribution in [0.1, 0.15) is 21.5 Å². The molecule has 216 valence electrons. The number of carbonyl (C=O) groups excluding carboxylic acids is 2. The number of nitrogens with zero attached hydrogens (tertiary/aromatic N) is 2. The van der Waals surface area contributed by atoms with Crippen molar-refractivity contribution in [2.45, 2.75) is 6.92 Å². The molecule has 4 aromatic carbocycles. The Bertz CT molecular complexity index is 1780. The first kappa shape index (κ1) is 30.0. The van der Waals surface area contributed by atoms with Gasteiger partial charge in [-0.1, -0.05) is 63.9 Å². The molecule has 5 aromatic rings. The fraction of sp³-hybridized carbons (Fsp3) is 0.0625. The van der Waals surface area contributed by atoms with Crippen LogP contribution in [0.5, 0.6) is 5.75 Å². The molecule has 0 fully saturated rings. The zero-order chi connectivity index (χ0) is 30.2. The first-order chi connectivity index (χ1) is 20.8. The van der Waals surface area contributed by atoms with E-state index in [1.807, 2.05) is 60.8 Å². The number of ether oxygens (including phenoxy) is 1. The smallest absolute Gasteiger partial charge is 0.271 e. The van der Waals surface area contributed by atoms with Gasteiger partial charge in [0.1, 0.15) is 5.75 Å². The molecular weight excluding hydrogens is 650 g/mol. The highest BCUT2D eigenvalue weighted by Gasteiger charge is 2.10. The number of nitrogens with one attached hydrogen (secondary N) is 3. The van der Waals surface area contributed by atoms with Crippen molar-refractivity contribution in [1.29, 1.82) is 0 Å². The Morgan fingerprint density at radius 3 is 2.56 bits per heavy atom. The number of hydrazone groups is 1. The van der Waals surface area contributed by atoms with Crippen molar-refractivity contribution in [2.75, 3.05) is 17.2 Å². The monoisotopic (exact) mass is 673 g/mol. The second kappa shape index (κ2) is 14.1. The highest BCUT2D eigenvalue weighted by atomic mass is 79.9. The largest absolute Gasteiger partial charge is 0.483 e. The standard InChI is InChI=1S/C32H25BrClN5O3S/c1-20-7-13-26(16-27(20)34)36-30(40)18-42-29-14-12-24(33)15-23(29)17-35-39-31(41)22-10-8-21(9-11-22)28-19-43-32(38-28)37-25-5-3-2-4-6-25/h2-17,19H,18H2,1H3,(H,36,40)(H,37,38)(H,39,41)/b35-17+. The minimum atomic E-state index is -0.374. The summed E-state index contributed by atoms with van der Waals surface area (Å²) in [5.41, 5.74) is 7.71. The second-order valence-corrected chi connectivity index (χ2v) is 11.5. The number of amides is 2. The molecule has 3 N–H and O–H groups in total. The SMILES string of the molecule is Cc1ccc(NC(=O)COc2ccc(Br)cc2/C=N/NC(=O)c2ccc(-c3csc(Nc4ccccc4)n3)cc2)cc1Cl. The van der Waals surface area contributed by atoms with Gasteiger partial charge in [-0.25, -0.2) is 10.4 Å². The Morgan fingerprint density at radius 1 is 1.00 bits per heavy atom. The van der Waals surface area contributed by atoms with E-state index in [2.05, 4.69) is 42.1 Å². The van der Waals surface area contributed by atoms with E-state index in [9.17, 15) is 9.59 Å². The van der Waals surface area contributed by atoms with Crippen LogP contribution in [0.25, 0.3) is 11.3 Å². The average molecular weight is 675 g/mol. The lowest BCUT2D eigenvalue weighted by Gasteiger charge is -2.11. The van der Waals surface area contributed by atoms with Crippen molar-refractivity contribution in [3.8, 4) is 17.0 Å². The van der Waals surface area contributed by atoms with Crippen molar-refractivity contribution >= 4 is 73.4 Å². The lowest BCUT2D eigenvalue weighted by molar-refractivity contribution is -0.118.